The summed E-state index contributed by atoms with van der Waals surface area (Å²) in [4.78, 5) is 20.6. The number of hydrogen-bond acceptors (Lipinski definition) is 5. The van der Waals surface area contributed by atoms with Crippen LogP contribution >= 0.6 is 11.6 Å². The average molecular weight is 447 g/mol. The maximum Gasteiger partial charge on any atom is 0.246 e. The van der Waals surface area contributed by atoms with Gasteiger partial charge >= 0.3 is 0 Å². The number of amidine groups is 1. The third kappa shape index (κ3) is 3.44. The van der Waals surface area contributed by atoms with Crippen molar-refractivity contribution in [3.05, 3.63) is 71.7 Å². The van der Waals surface area contributed by atoms with Gasteiger partial charge in [0.15, 0.2) is 0 Å². The molecule has 32 heavy (non-hydrogen) atoms. The minimum Gasteiger partial charge on any atom is -0.360 e. The molecular formula is C24H23ClN6O. The van der Waals surface area contributed by atoms with E-state index in [2.05, 4.69) is 51.0 Å². The zero-order valence-corrected chi connectivity index (χ0v) is 18.5. The van der Waals surface area contributed by atoms with E-state index >= 15 is 0 Å². The van der Waals surface area contributed by atoms with Gasteiger partial charge in [0, 0.05) is 65.8 Å². The first-order valence-corrected chi connectivity index (χ1v) is 10.9. The van der Waals surface area contributed by atoms with Crippen LogP contribution in [0.5, 0.6) is 0 Å². The SMILES string of the molecule is C=CC(=O)N1CCN(C2=NC=CNc3cc(-c4c(C)ccc5[nH]ncc45)c(Cl)cc32)CC1. The fraction of sp³-hybridized carbons (Fsp3) is 0.208. The van der Waals surface area contributed by atoms with Gasteiger partial charge in [-0.1, -0.05) is 24.2 Å². The number of halogens is 1. The number of anilines is 1. The van der Waals surface area contributed by atoms with Crippen molar-refractivity contribution in [2.75, 3.05) is 31.5 Å². The molecule has 0 saturated carbocycles. The van der Waals surface area contributed by atoms with Gasteiger partial charge in [0.05, 0.1) is 11.7 Å². The van der Waals surface area contributed by atoms with E-state index in [1.54, 1.807) is 11.1 Å². The number of benzene rings is 2. The molecule has 7 nitrogen and oxygen atoms in total. The molecule has 162 valence electrons. The first-order valence-electron chi connectivity index (χ1n) is 10.5. The van der Waals surface area contributed by atoms with Gasteiger partial charge in [-0.2, -0.15) is 5.10 Å². The van der Waals surface area contributed by atoms with E-state index in [9.17, 15) is 4.79 Å². The first kappa shape index (κ1) is 20.3. The summed E-state index contributed by atoms with van der Waals surface area (Å²) in [5, 5.41) is 12.3. The molecule has 2 aliphatic rings. The number of carbonyl (C=O) groups is 1. The van der Waals surface area contributed by atoms with E-state index in [0.29, 0.717) is 31.2 Å². The number of aromatic amines is 1. The normalized spacial score (nSPS) is 15.8. The molecule has 3 aromatic rings. The average Bonchev–Trinajstić information content (AvgIpc) is 3.19. The fourth-order valence-corrected chi connectivity index (χ4v) is 4.64. The van der Waals surface area contributed by atoms with E-state index in [1.807, 2.05) is 24.5 Å². The molecule has 5 rings (SSSR count). The Hall–Kier alpha value is -3.58. The van der Waals surface area contributed by atoms with Crippen LogP contribution < -0.4 is 5.32 Å². The van der Waals surface area contributed by atoms with Gasteiger partial charge < -0.3 is 15.1 Å². The van der Waals surface area contributed by atoms with Crippen LogP contribution in [-0.4, -0.2) is 57.9 Å². The molecule has 1 aromatic heterocycles. The lowest BCUT2D eigenvalue weighted by molar-refractivity contribution is -0.127. The molecule has 1 fully saturated rings. The summed E-state index contributed by atoms with van der Waals surface area (Å²) < 4.78 is 0. The molecule has 1 amide bonds. The lowest BCUT2D eigenvalue weighted by atomic mass is 9.95. The van der Waals surface area contributed by atoms with Gasteiger partial charge in [0.25, 0.3) is 0 Å². The highest BCUT2D eigenvalue weighted by Gasteiger charge is 2.26. The van der Waals surface area contributed by atoms with Gasteiger partial charge in [0.2, 0.25) is 5.91 Å². The highest BCUT2D eigenvalue weighted by atomic mass is 35.5. The summed E-state index contributed by atoms with van der Waals surface area (Å²) in [5.41, 5.74) is 5.97. The zero-order chi connectivity index (χ0) is 22.2. The molecule has 1 saturated heterocycles. The monoisotopic (exact) mass is 446 g/mol. The van der Waals surface area contributed by atoms with Crippen molar-refractivity contribution in [1.29, 1.82) is 0 Å². The number of carbonyl (C=O) groups excluding carboxylic acids is 1. The Labute approximate surface area is 191 Å². The maximum atomic E-state index is 11.9. The molecule has 0 spiro atoms. The number of nitrogens with one attached hydrogen (secondary N) is 2. The molecule has 8 heteroatoms. The number of rotatable bonds is 2. The number of hydrogen-bond donors (Lipinski definition) is 2. The molecule has 3 heterocycles. The van der Waals surface area contributed by atoms with Crippen LogP contribution in [0.3, 0.4) is 0 Å². The third-order valence-corrected chi connectivity index (χ3v) is 6.34. The van der Waals surface area contributed by atoms with E-state index in [-0.39, 0.29) is 5.91 Å². The standard InChI is InChI=1S/C24H23ClN6O/c1-3-22(32)30-8-10-31(11-9-30)24-17-12-19(25)16(13-21(17)26-6-7-27-24)23-15(2)4-5-20-18(23)14-28-29-20/h3-7,12-14,26H,1,8-11H2,2H3,(H,28,29). The number of fused-ring (bicyclic) bond motifs is 2. The summed E-state index contributed by atoms with van der Waals surface area (Å²) in [6.45, 7) is 8.31. The smallest absolute Gasteiger partial charge is 0.246 e. The van der Waals surface area contributed by atoms with Crippen LogP contribution in [0.2, 0.25) is 5.02 Å². The van der Waals surface area contributed by atoms with Crippen LogP contribution in [0.25, 0.3) is 22.0 Å². The number of aliphatic imine (C=N–C) groups is 1. The lowest BCUT2D eigenvalue weighted by Gasteiger charge is -2.36. The molecular weight excluding hydrogens is 424 g/mol. The highest BCUT2D eigenvalue weighted by Crippen LogP contribution is 2.39. The summed E-state index contributed by atoms with van der Waals surface area (Å²) in [6.07, 6.45) is 6.78. The van der Waals surface area contributed by atoms with Crippen molar-refractivity contribution < 1.29 is 4.79 Å². The Kier molecular flexibility index (Phi) is 5.19. The Morgan fingerprint density at radius 3 is 2.78 bits per heavy atom. The predicted octanol–water partition coefficient (Wildman–Crippen LogP) is 4.17. The molecule has 2 N–H and O–H groups in total. The molecule has 0 bridgehead atoms. The summed E-state index contributed by atoms with van der Waals surface area (Å²) in [7, 11) is 0. The number of nitrogens with zero attached hydrogens (tertiary/aromatic N) is 4. The Morgan fingerprint density at radius 1 is 1.19 bits per heavy atom. The van der Waals surface area contributed by atoms with Gasteiger partial charge in [-0.05, 0) is 42.3 Å². The number of aryl methyl sites for hydroxylation is 1. The molecule has 2 aliphatic heterocycles. The largest absolute Gasteiger partial charge is 0.360 e. The zero-order valence-electron chi connectivity index (χ0n) is 17.7. The third-order valence-electron chi connectivity index (χ3n) is 6.03. The van der Waals surface area contributed by atoms with Crippen molar-refractivity contribution in [2.24, 2.45) is 4.99 Å². The summed E-state index contributed by atoms with van der Waals surface area (Å²) in [5.74, 6) is 0.810. The quantitative estimate of drug-likeness (QED) is 0.579. The van der Waals surface area contributed by atoms with Crippen molar-refractivity contribution in [3.8, 4) is 11.1 Å². The van der Waals surface area contributed by atoms with Crippen molar-refractivity contribution in [3.63, 3.8) is 0 Å². The van der Waals surface area contributed by atoms with E-state index in [0.717, 1.165) is 44.7 Å². The fourth-order valence-electron chi connectivity index (χ4n) is 4.38. The van der Waals surface area contributed by atoms with Crippen LogP contribution in [0, 0.1) is 6.92 Å². The van der Waals surface area contributed by atoms with Gasteiger partial charge in [0.1, 0.15) is 5.84 Å². The molecule has 0 radical (unpaired) electrons. The number of piperazine rings is 1. The Balaban J connectivity index is 1.54. The molecule has 0 atom stereocenters. The maximum absolute atomic E-state index is 11.9. The van der Waals surface area contributed by atoms with Crippen molar-refractivity contribution >= 4 is 39.9 Å². The molecule has 0 unspecified atom stereocenters. The van der Waals surface area contributed by atoms with E-state index in [4.69, 9.17) is 11.6 Å². The van der Waals surface area contributed by atoms with Crippen LogP contribution in [0.15, 0.2) is 60.5 Å². The minimum atomic E-state index is -0.0362. The summed E-state index contributed by atoms with van der Waals surface area (Å²) in [6, 6.07) is 8.16. The Bertz CT molecular complexity index is 1280. The topological polar surface area (TPSA) is 76.6 Å². The highest BCUT2D eigenvalue weighted by molar-refractivity contribution is 6.34. The second-order valence-electron chi connectivity index (χ2n) is 7.90. The van der Waals surface area contributed by atoms with Crippen LogP contribution in [-0.2, 0) is 4.79 Å². The number of aromatic nitrogens is 2. The number of H-pyrrole nitrogens is 1. The number of amides is 1. The van der Waals surface area contributed by atoms with Gasteiger partial charge in [-0.25, -0.2) is 4.99 Å². The second kappa shape index (κ2) is 8.16. The molecule has 0 aliphatic carbocycles. The Morgan fingerprint density at radius 2 is 2.00 bits per heavy atom. The minimum absolute atomic E-state index is 0.0362. The van der Waals surface area contributed by atoms with E-state index < -0.39 is 0 Å². The van der Waals surface area contributed by atoms with Crippen LogP contribution in [0.4, 0.5) is 5.69 Å². The van der Waals surface area contributed by atoms with Gasteiger partial charge in [-0.3, -0.25) is 9.89 Å². The van der Waals surface area contributed by atoms with Crippen molar-refractivity contribution in [2.45, 2.75) is 6.92 Å². The first-order chi connectivity index (χ1) is 15.6. The van der Waals surface area contributed by atoms with Crippen molar-refractivity contribution in [1.82, 2.24) is 20.0 Å². The van der Waals surface area contributed by atoms with Gasteiger partial charge in [-0.15, -0.1) is 0 Å². The molecule has 2 aromatic carbocycles. The predicted molar refractivity (Wildman–Crippen MR) is 129 cm³/mol. The van der Waals surface area contributed by atoms with E-state index in [1.165, 1.54) is 6.08 Å². The van der Waals surface area contributed by atoms with Crippen LogP contribution in [0.1, 0.15) is 11.1 Å². The summed E-state index contributed by atoms with van der Waals surface area (Å²) >= 11 is 6.86. The second-order valence-corrected chi connectivity index (χ2v) is 8.30. The lowest BCUT2D eigenvalue weighted by Crippen LogP contribution is -2.50.